The van der Waals surface area contributed by atoms with Crippen LogP contribution >= 0.6 is 12.4 Å². The van der Waals surface area contributed by atoms with Crippen molar-refractivity contribution in [2.75, 3.05) is 26.2 Å². The first-order chi connectivity index (χ1) is 9.26. The Morgan fingerprint density at radius 3 is 2.25 bits per heavy atom. The average molecular weight is 295 g/mol. The van der Waals surface area contributed by atoms with Gasteiger partial charge >= 0.3 is 0 Å². The van der Waals surface area contributed by atoms with E-state index in [9.17, 15) is 4.79 Å². The maximum atomic E-state index is 12.3. The largest absolute Gasteiger partial charge is 0.342 e. The molecule has 2 aliphatic heterocycles. The van der Waals surface area contributed by atoms with Gasteiger partial charge in [0.25, 0.3) is 0 Å². The fourth-order valence-electron chi connectivity index (χ4n) is 3.24. The molecule has 0 saturated carbocycles. The van der Waals surface area contributed by atoms with E-state index in [2.05, 4.69) is 41.4 Å². The molecule has 110 valence electrons. The molecule has 1 aromatic carbocycles. The van der Waals surface area contributed by atoms with Crippen molar-refractivity contribution >= 4 is 18.3 Å². The number of fused-ring (bicyclic) bond motifs is 1. The Morgan fingerprint density at radius 1 is 1.15 bits per heavy atom. The second-order valence-corrected chi connectivity index (χ2v) is 5.82. The summed E-state index contributed by atoms with van der Waals surface area (Å²) in [5, 5.41) is 3.41. The zero-order valence-electron chi connectivity index (χ0n) is 12.0. The summed E-state index contributed by atoms with van der Waals surface area (Å²) in [7, 11) is 0. The number of aryl methyl sites for hydroxylation is 1. The van der Waals surface area contributed by atoms with Crippen LogP contribution in [0.3, 0.4) is 0 Å². The molecule has 2 heterocycles. The van der Waals surface area contributed by atoms with E-state index in [1.54, 1.807) is 0 Å². The third-order valence-corrected chi connectivity index (χ3v) is 4.53. The zero-order valence-corrected chi connectivity index (χ0v) is 12.8. The molecule has 0 radical (unpaired) electrons. The minimum Gasteiger partial charge on any atom is -0.342 e. The molecule has 0 aromatic heterocycles. The van der Waals surface area contributed by atoms with Gasteiger partial charge in [-0.2, -0.15) is 0 Å². The van der Waals surface area contributed by atoms with E-state index in [1.807, 2.05) is 0 Å². The van der Waals surface area contributed by atoms with Crippen LogP contribution in [0.1, 0.15) is 18.1 Å². The molecule has 3 rings (SSSR count). The number of carbonyl (C=O) groups excluding carboxylic acids is 1. The summed E-state index contributed by atoms with van der Waals surface area (Å²) >= 11 is 0. The molecule has 20 heavy (non-hydrogen) atoms. The van der Waals surface area contributed by atoms with Crippen LogP contribution in [0, 0.1) is 11.8 Å². The highest BCUT2D eigenvalue weighted by Gasteiger charge is 2.37. The Labute approximate surface area is 127 Å². The van der Waals surface area contributed by atoms with E-state index < -0.39 is 0 Å². The summed E-state index contributed by atoms with van der Waals surface area (Å²) in [6.07, 6.45) is 1.60. The number of nitrogens with one attached hydrogen (secondary N) is 1. The number of rotatable bonds is 3. The summed E-state index contributed by atoms with van der Waals surface area (Å²) < 4.78 is 0. The maximum absolute atomic E-state index is 12.3. The number of benzene rings is 1. The van der Waals surface area contributed by atoms with Crippen LogP contribution in [-0.2, 0) is 17.6 Å². The summed E-state index contributed by atoms with van der Waals surface area (Å²) in [4.78, 5) is 14.4. The van der Waals surface area contributed by atoms with E-state index in [-0.39, 0.29) is 12.4 Å². The first kappa shape index (κ1) is 15.3. The normalized spacial score (nSPS) is 24.4. The third kappa shape index (κ3) is 3.15. The van der Waals surface area contributed by atoms with Gasteiger partial charge in [-0.15, -0.1) is 12.4 Å². The lowest BCUT2D eigenvalue weighted by molar-refractivity contribution is -0.129. The molecule has 1 amide bonds. The first-order valence-corrected chi connectivity index (χ1v) is 7.32. The Balaban J connectivity index is 0.00000147. The average Bonchev–Trinajstić information content (AvgIpc) is 3.00. The molecule has 4 heteroatoms. The van der Waals surface area contributed by atoms with Crippen LogP contribution in [0.5, 0.6) is 0 Å². The number of hydrogen-bond acceptors (Lipinski definition) is 2. The lowest BCUT2D eigenvalue weighted by Gasteiger charge is -2.17. The maximum Gasteiger partial charge on any atom is 0.227 e. The van der Waals surface area contributed by atoms with Gasteiger partial charge in [-0.1, -0.05) is 31.2 Å². The lowest BCUT2D eigenvalue weighted by atomic mass is 10.0. The number of nitrogens with zero attached hydrogens (tertiary/aromatic N) is 1. The molecule has 2 atom stereocenters. The molecule has 0 bridgehead atoms. The van der Waals surface area contributed by atoms with Gasteiger partial charge in [-0.3, -0.25) is 4.79 Å². The van der Waals surface area contributed by atoms with Gasteiger partial charge in [0, 0.05) is 26.2 Å². The second-order valence-electron chi connectivity index (χ2n) is 5.82. The number of carbonyl (C=O) groups is 1. The lowest BCUT2D eigenvalue weighted by Crippen LogP contribution is -2.32. The molecular weight excluding hydrogens is 272 g/mol. The van der Waals surface area contributed by atoms with Crippen molar-refractivity contribution in [3.8, 4) is 0 Å². The molecule has 1 aromatic rings. The van der Waals surface area contributed by atoms with Crippen molar-refractivity contribution in [2.24, 2.45) is 11.8 Å². The second kappa shape index (κ2) is 6.59. The fraction of sp³-hybridized carbons (Fsp3) is 0.562. The number of amides is 1. The quantitative estimate of drug-likeness (QED) is 0.923. The fourth-order valence-corrected chi connectivity index (χ4v) is 3.24. The smallest absolute Gasteiger partial charge is 0.227 e. The van der Waals surface area contributed by atoms with E-state index in [1.165, 1.54) is 5.56 Å². The van der Waals surface area contributed by atoms with Crippen LogP contribution in [0.4, 0.5) is 0 Å². The van der Waals surface area contributed by atoms with Gasteiger partial charge in [0.1, 0.15) is 0 Å². The van der Waals surface area contributed by atoms with Gasteiger partial charge in [0.2, 0.25) is 5.91 Å². The Morgan fingerprint density at radius 2 is 1.70 bits per heavy atom. The molecule has 2 aliphatic rings. The highest BCUT2D eigenvalue weighted by atomic mass is 35.5. The summed E-state index contributed by atoms with van der Waals surface area (Å²) in [5.41, 5.74) is 2.47. The molecule has 0 unspecified atom stereocenters. The highest BCUT2D eigenvalue weighted by molar-refractivity contribution is 5.85. The SMILES string of the molecule is CCc1ccc(CC(=O)N2C[C@H]3CNC[C@H]3C2)cc1.Cl. The summed E-state index contributed by atoms with van der Waals surface area (Å²) in [6, 6.07) is 8.45. The van der Waals surface area contributed by atoms with Crippen molar-refractivity contribution in [2.45, 2.75) is 19.8 Å². The summed E-state index contributed by atoms with van der Waals surface area (Å²) in [5.74, 6) is 1.66. The molecule has 0 spiro atoms. The Kier molecular flexibility index (Phi) is 5.06. The van der Waals surface area contributed by atoms with Crippen LogP contribution in [0.25, 0.3) is 0 Å². The predicted octanol–water partition coefficient (Wildman–Crippen LogP) is 1.89. The van der Waals surface area contributed by atoms with E-state index in [4.69, 9.17) is 0 Å². The Hall–Kier alpha value is -1.06. The topological polar surface area (TPSA) is 32.3 Å². The van der Waals surface area contributed by atoms with Gasteiger partial charge in [0.15, 0.2) is 0 Å². The summed E-state index contributed by atoms with van der Waals surface area (Å²) in [6.45, 7) is 6.21. The van der Waals surface area contributed by atoms with Crippen LogP contribution in [0.15, 0.2) is 24.3 Å². The first-order valence-electron chi connectivity index (χ1n) is 7.32. The van der Waals surface area contributed by atoms with Crippen molar-refractivity contribution in [3.05, 3.63) is 35.4 Å². The Bertz CT molecular complexity index is 448. The van der Waals surface area contributed by atoms with Gasteiger partial charge in [-0.05, 0) is 29.4 Å². The zero-order chi connectivity index (χ0) is 13.2. The van der Waals surface area contributed by atoms with Gasteiger partial charge in [0.05, 0.1) is 6.42 Å². The molecule has 1 N–H and O–H groups in total. The highest BCUT2D eigenvalue weighted by Crippen LogP contribution is 2.26. The van der Waals surface area contributed by atoms with Gasteiger partial charge in [-0.25, -0.2) is 0 Å². The minimum absolute atomic E-state index is 0. The number of likely N-dealkylation sites (tertiary alicyclic amines) is 1. The standard InChI is InChI=1S/C16H22N2O.ClH/c1-2-12-3-5-13(6-4-12)7-16(19)18-10-14-8-17-9-15(14)11-18;/h3-6,14-15,17H,2,7-11H2,1H3;1H/t14-,15+;. The van der Waals surface area contributed by atoms with Crippen molar-refractivity contribution < 1.29 is 4.79 Å². The van der Waals surface area contributed by atoms with E-state index >= 15 is 0 Å². The van der Waals surface area contributed by atoms with Crippen molar-refractivity contribution in [3.63, 3.8) is 0 Å². The number of hydrogen-bond donors (Lipinski definition) is 1. The van der Waals surface area contributed by atoms with Crippen molar-refractivity contribution in [1.82, 2.24) is 10.2 Å². The van der Waals surface area contributed by atoms with Crippen LogP contribution < -0.4 is 5.32 Å². The molecule has 3 nitrogen and oxygen atoms in total. The van der Waals surface area contributed by atoms with Crippen LogP contribution in [-0.4, -0.2) is 37.0 Å². The minimum atomic E-state index is 0. The van der Waals surface area contributed by atoms with Gasteiger partial charge < -0.3 is 10.2 Å². The van der Waals surface area contributed by atoms with Crippen molar-refractivity contribution in [1.29, 1.82) is 0 Å². The molecule has 0 aliphatic carbocycles. The monoisotopic (exact) mass is 294 g/mol. The number of halogens is 1. The molecule has 2 fully saturated rings. The van der Waals surface area contributed by atoms with E-state index in [0.29, 0.717) is 24.2 Å². The van der Waals surface area contributed by atoms with E-state index in [0.717, 1.165) is 38.2 Å². The molecule has 2 saturated heterocycles. The van der Waals surface area contributed by atoms with Crippen LogP contribution in [0.2, 0.25) is 0 Å². The third-order valence-electron chi connectivity index (χ3n) is 4.53. The molecular formula is C16H23ClN2O. The predicted molar refractivity (Wildman–Crippen MR) is 83.2 cm³/mol.